The Balaban J connectivity index is 6.26. The van der Waals surface area contributed by atoms with Crippen LogP contribution in [0.1, 0.15) is 6.92 Å². The highest BCUT2D eigenvalue weighted by Gasteiger charge is 2.95. The molecule has 0 radical (unpaired) electrons. The van der Waals surface area contributed by atoms with Gasteiger partial charge in [0.15, 0.2) is 0 Å². The number of urea groups is 1. The van der Waals surface area contributed by atoms with E-state index in [0.29, 0.717) is 17.5 Å². The second kappa shape index (κ2) is 12.5. The number of hydrogen-bond donors (Lipinski definition) is 2. The first-order valence-corrected chi connectivity index (χ1v) is 10.6. The van der Waals surface area contributed by atoms with Gasteiger partial charge in [0.1, 0.15) is 18.8 Å². The van der Waals surface area contributed by atoms with Crippen LogP contribution in [0.5, 0.6) is 0 Å². The number of nitrogens with one attached hydrogen (secondary N) is 2. The maximum absolute atomic E-state index is 14.0. The predicted molar refractivity (Wildman–Crippen MR) is 108 cm³/mol. The molecule has 256 valence electrons. The van der Waals surface area contributed by atoms with Gasteiger partial charge in [0.05, 0.1) is 6.54 Å². The summed E-state index contributed by atoms with van der Waals surface area (Å²) in [6.45, 7) is 1.33. The normalized spacial score (nSPS) is 14.4. The van der Waals surface area contributed by atoms with Crippen LogP contribution in [-0.4, -0.2) is 90.9 Å². The van der Waals surface area contributed by atoms with Gasteiger partial charge in [-0.1, -0.05) is 13.2 Å². The Morgan fingerprint density at radius 2 is 0.909 bits per heavy atom. The Morgan fingerprint density at radius 1 is 0.591 bits per heavy atom. The fraction of sp³-hybridized carbons (Fsp3) is 0.650. The van der Waals surface area contributed by atoms with Gasteiger partial charge < -0.3 is 20.1 Å². The largest absolute Gasteiger partial charge is 0.460 e. The molecular weight excluding hydrogens is 671 g/mol. The van der Waals surface area contributed by atoms with E-state index in [-0.39, 0.29) is 0 Å². The van der Waals surface area contributed by atoms with Gasteiger partial charge in [-0.2, -0.15) is 74.6 Å². The maximum Gasteiger partial charge on any atom is 0.460 e. The maximum atomic E-state index is 14.0. The van der Waals surface area contributed by atoms with Gasteiger partial charge in [0, 0.05) is 12.2 Å². The number of esters is 2. The van der Waals surface area contributed by atoms with Crippen molar-refractivity contribution in [2.75, 3.05) is 19.8 Å². The first-order valence-electron chi connectivity index (χ1n) is 10.6. The average molecular weight is 688 g/mol. The molecule has 0 aromatic heterocycles. The van der Waals surface area contributed by atoms with E-state index in [9.17, 15) is 89.0 Å². The minimum Gasteiger partial charge on any atom is -0.460 e. The van der Waals surface area contributed by atoms with E-state index >= 15 is 0 Å². The summed E-state index contributed by atoms with van der Waals surface area (Å²) in [5, 5.41) is 2.16. The smallest absolute Gasteiger partial charge is 0.460 e. The fourth-order valence-electron chi connectivity index (χ4n) is 2.51. The molecule has 0 bridgehead atoms. The lowest BCUT2D eigenvalue weighted by Crippen LogP contribution is -2.75. The van der Waals surface area contributed by atoms with Gasteiger partial charge in [-0.25, -0.2) is 14.4 Å². The third kappa shape index (κ3) is 7.24. The quantitative estimate of drug-likeness (QED) is 0.135. The van der Waals surface area contributed by atoms with E-state index in [1.54, 1.807) is 0 Å². The van der Waals surface area contributed by atoms with Crippen molar-refractivity contribution in [2.24, 2.45) is 0 Å². The summed E-state index contributed by atoms with van der Waals surface area (Å²) in [5.41, 5.74) is -2.21. The zero-order valence-corrected chi connectivity index (χ0v) is 21.2. The standard InChI is InChI=1S/C20H17F17N2O5/c1-4-9(40)43-7-12(3,8-44-10(41)5-2)39-11(42)38-6-13(21,22)14(23,24)15(25,26)16(27,28)17(29,30)18(31,32)19(33,34)20(35,36)37/h4-5H,1-2,6-8H2,3H3,(H2,38,39,42). The third-order valence-electron chi connectivity index (χ3n) is 5.07. The number of carbonyl (C=O) groups is 3. The van der Waals surface area contributed by atoms with Gasteiger partial charge in [0.25, 0.3) is 0 Å². The SMILES string of the molecule is C=CC(=O)OCC(C)(COC(=O)C=C)NC(=O)NCC(F)(F)C(F)(F)C(F)(F)C(F)(F)C(F)(F)C(F)(F)C(F)(F)C(F)(F)F. The van der Waals surface area contributed by atoms with Crippen LogP contribution in [0.25, 0.3) is 0 Å². The van der Waals surface area contributed by atoms with Gasteiger partial charge >= 0.3 is 65.6 Å². The Labute approximate surface area is 233 Å². The number of rotatable bonds is 15. The number of amides is 2. The lowest BCUT2D eigenvalue weighted by atomic mass is 9.89. The molecule has 0 aliphatic carbocycles. The molecule has 0 rings (SSSR count). The molecule has 0 saturated heterocycles. The molecule has 44 heavy (non-hydrogen) atoms. The van der Waals surface area contributed by atoms with E-state index in [2.05, 4.69) is 22.6 Å². The highest BCUT2D eigenvalue weighted by atomic mass is 19.4. The first-order chi connectivity index (χ1) is 19.3. The van der Waals surface area contributed by atoms with E-state index in [4.69, 9.17) is 0 Å². The Morgan fingerprint density at radius 3 is 1.23 bits per heavy atom. The van der Waals surface area contributed by atoms with Crippen molar-refractivity contribution in [3.05, 3.63) is 25.3 Å². The number of carbonyl (C=O) groups excluding carboxylic acids is 3. The molecule has 2 N–H and O–H groups in total. The second-order valence-corrected chi connectivity index (χ2v) is 8.64. The second-order valence-electron chi connectivity index (χ2n) is 8.64. The topological polar surface area (TPSA) is 93.7 Å². The highest BCUT2D eigenvalue weighted by molar-refractivity contribution is 5.82. The van der Waals surface area contributed by atoms with Crippen molar-refractivity contribution < 1.29 is 98.5 Å². The Bertz CT molecular complexity index is 1080. The molecule has 0 aromatic rings. The van der Waals surface area contributed by atoms with Gasteiger partial charge in [-0.15, -0.1) is 0 Å². The average Bonchev–Trinajstić information content (AvgIpc) is 2.87. The molecule has 0 aliphatic rings. The Kier molecular flexibility index (Phi) is 11.5. The summed E-state index contributed by atoms with van der Waals surface area (Å²) < 4.78 is 236. The van der Waals surface area contributed by atoms with Crippen LogP contribution in [0, 0.1) is 0 Å². The lowest BCUT2D eigenvalue weighted by molar-refractivity contribution is -0.461. The van der Waals surface area contributed by atoms with E-state index in [1.165, 1.54) is 5.32 Å². The van der Waals surface area contributed by atoms with Crippen LogP contribution in [0.3, 0.4) is 0 Å². The van der Waals surface area contributed by atoms with Crippen LogP contribution in [0.4, 0.5) is 79.4 Å². The molecule has 24 heteroatoms. The zero-order chi connectivity index (χ0) is 35.6. The van der Waals surface area contributed by atoms with E-state index in [1.807, 2.05) is 0 Å². The number of hydrogen-bond acceptors (Lipinski definition) is 5. The first kappa shape index (κ1) is 40.5. The van der Waals surface area contributed by atoms with Crippen LogP contribution in [0.15, 0.2) is 25.3 Å². The zero-order valence-electron chi connectivity index (χ0n) is 21.2. The molecule has 0 aliphatic heterocycles. The van der Waals surface area contributed by atoms with Crippen molar-refractivity contribution in [1.82, 2.24) is 10.6 Å². The monoisotopic (exact) mass is 688 g/mol. The summed E-state index contributed by atoms with van der Waals surface area (Å²) in [4.78, 5) is 34.4. The number of alkyl halides is 17. The molecule has 0 heterocycles. The summed E-state index contributed by atoms with van der Waals surface area (Å²) >= 11 is 0. The van der Waals surface area contributed by atoms with Crippen LogP contribution in [0.2, 0.25) is 0 Å². The molecule has 2 amide bonds. The summed E-state index contributed by atoms with van der Waals surface area (Å²) in [6, 6.07) is -2.19. The van der Waals surface area contributed by atoms with Crippen LogP contribution in [-0.2, 0) is 19.1 Å². The van der Waals surface area contributed by atoms with Crippen molar-refractivity contribution in [1.29, 1.82) is 0 Å². The molecule has 0 unspecified atom stereocenters. The molecule has 0 aromatic carbocycles. The predicted octanol–water partition coefficient (Wildman–Crippen LogP) is 5.51. The minimum atomic E-state index is -8.79. The molecular formula is C20H17F17N2O5. The van der Waals surface area contributed by atoms with E-state index < -0.39 is 90.9 Å². The van der Waals surface area contributed by atoms with Gasteiger partial charge in [-0.3, -0.25) is 0 Å². The molecule has 0 atom stereocenters. The molecule has 0 spiro atoms. The summed E-state index contributed by atoms with van der Waals surface area (Å²) in [7, 11) is 0. The summed E-state index contributed by atoms with van der Waals surface area (Å²) in [6.07, 6.45) is -6.82. The van der Waals surface area contributed by atoms with Crippen molar-refractivity contribution in [2.45, 2.75) is 60.1 Å². The number of halogens is 17. The molecule has 0 fully saturated rings. The Hall–Kier alpha value is -3.50. The fourth-order valence-corrected chi connectivity index (χ4v) is 2.51. The molecule has 0 saturated carbocycles. The highest BCUT2D eigenvalue weighted by Crippen LogP contribution is 2.63. The lowest BCUT2D eigenvalue weighted by Gasteiger charge is -2.42. The third-order valence-corrected chi connectivity index (χ3v) is 5.07. The van der Waals surface area contributed by atoms with Crippen molar-refractivity contribution in [3.8, 4) is 0 Å². The van der Waals surface area contributed by atoms with Crippen molar-refractivity contribution in [3.63, 3.8) is 0 Å². The van der Waals surface area contributed by atoms with E-state index in [0.717, 1.165) is 6.92 Å². The molecule has 7 nitrogen and oxygen atoms in total. The van der Waals surface area contributed by atoms with Crippen LogP contribution >= 0.6 is 0 Å². The van der Waals surface area contributed by atoms with Crippen molar-refractivity contribution >= 4 is 18.0 Å². The minimum absolute atomic E-state index is 0.526. The summed E-state index contributed by atoms with van der Waals surface area (Å²) in [5.74, 6) is -60.4. The number of ether oxygens (including phenoxy) is 2. The van der Waals surface area contributed by atoms with Gasteiger partial charge in [-0.05, 0) is 6.92 Å². The van der Waals surface area contributed by atoms with Gasteiger partial charge in [0.2, 0.25) is 0 Å². The van der Waals surface area contributed by atoms with Crippen LogP contribution < -0.4 is 10.6 Å².